The van der Waals surface area contributed by atoms with Crippen molar-refractivity contribution in [2.75, 3.05) is 5.32 Å². The van der Waals surface area contributed by atoms with Crippen LogP contribution in [0.2, 0.25) is 0 Å². The van der Waals surface area contributed by atoms with Gasteiger partial charge >= 0.3 is 0 Å². The third-order valence-corrected chi connectivity index (χ3v) is 3.12. The highest BCUT2D eigenvalue weighted by atomic mass is 79.9. The number of nitrogens with one attached hydrogen (secondary N) is 1. The van der Waals surface area contributed by atoms with Gasteiger partial charge < -0.3 is 5.32 Å². The molecule has 1 unspecified atom stereocenters. The van der Waals surface area contributed by atoms with E-state index in [4.69, 9.17) is 5.26 Å². The molecule has 1 N–H and O–H groups in total. The number of allylic oxidation sites excluding steroid dienone is 1. The van der Waals surface area contributed by atoms with Gasteiger partial charge in [-0.3, -0.25) is 0 Å². The number of hydrogen-bond acceptors (Lipinski definition) is 2. The molecule has 0 saturated heterocycles. The zero-order chi connectivity index (χ0) is 11.4. The quantitative estimate of drug-likeness (QED) is 0.834. The minimum Gasteiger partial charge on any atom is -0.382 e. The second-order valence-corrected chi connectivity index (χ2v) is 4.88. The molecule has 3 heteroatoms. The van der Waals surface area contributed by atoms with E-state index in [-0.39, 0.29) is 0 Å². The van der Waals surface area contributed by atoms with E-state index >= 15 is 0 Å². The molecule has 2 rings (SSSR count). The highest BCUT2D eigenvalue weighted by Gasteiger charge is 2.09. The van der Waals surface area contributed by atoms with Gasteiger partial charge in [0.25, 0.3) is 0 Å². The maximum atomic E-state index is 8.88. The van der Waals surface area contributed by atoms with Gasteiger partial charge in [0, 0.05) is 16.2 Å². The van der Waals surface area contributed by atoms with E-state index in [0.717, 1.165) is 29.4 Å². The van der Waals surface area contributed by atoms with Crippen LogP contribution < -0.4 is 5.32 Å². The molecule has 0 aliphatic heterocycles. The summed E-state index contributed by atoms with van der Waals surface area (Å²) in [6, 6.07) is 8.38. The minimum absolute atomic E-state index is 0.492. The molecule has 0 fully saturated rings. The SMILES string of the molecule is N#Cc1cc(Br)cc(NC2CC=CCC2)c1. The van der Waals surface area contributed by atoms with Crippen LogP contribution in [0.1, 0.15) is 24.8 Å². The predicted octanol–water partition coefficient (Wildman–Crippen LogP) is 3.84. The number of rotatable bonds is 2. The number of benzene rings is 1. The molecule has 1 aromatic rings. The molecule has 0 spiro atoms. The maximum absolute atomic E-state index is 8.88. The normalized spacial score (nSPS) is 19.1. The Kier molecular flexibility index (Phi) is 3.63. The van der Waals surface area contributed by atoms with Crippen molar-refractivity contribution in [3.63, 3.8) is 0 Å². The number of halogens is 1. The van der Waals surface area contributed by atoms with Gasteiger partial charge in [-0.2, -0.15) is 5.26 Å². The highest BCUT2D eigenvalue weighted by molar-refractivity contribution is 9.10. The van der Waals surface area contributed by atoms with Crippen molar-refractivity contribution in [3.05, 3.63) is 40.4 Å². The van der Waals surface area contributed by atoms with Gasteiger partial charge in [-0.15, -0.1) is 0 Å². The van der Waals surface area contributed by atoms with Crippen LogP contribution in [0.4, 0.5) is 5.69 Å². The third-order valence-electron chi connectivity index (χ3n) is 2.67. The first-order valence-electron chi connectivity index (χ1n) is 5.40. The summed E-state index contributed by atoms with van der Waals surface area (Å²) < 4.78 is 0.945. The molecule has 1 aliphatic carbocycles. The van der Waals surface area contributed by atoms with Gasteiger partial charge in [-0.1, -0.05) is 28.1 Å². The fourth-order valence-corrected chi connectivity index (χ4v) is 2.39. The van der Waals surface area contributed by atoms with Crippen LogP contribution in [-0.2, 0) is 0 Å². The largest absolute Gasteiger partial charge is 0.382 e. The molecule has 0 radical (unpaired) electrons. The van der Waals surface area contributed by atoms with Gasteiger partial charge in [-0.05, 0) is 37.5 Å². The Hall–Kier alpha value is -1.27. The fraction of sp³-hybridized carbons (Fsp3) is 0.308. The molecule has 1 aromatic carbocycles. The van der Waals surface area contributed by atoms with Gasteiger partial charge in [0.1, 0.15) is 0 Å². The monoisotopic (exact) mass is 276 g/mol. The third kappa shape index (κ3) is 2.86. The van der Waals surface area contributed by atoms with Crippen LogP contribution in [0.3, 0.4) is 0 Å². The Balaban J connectivity index is 2.12. The van der Waals surface area contributed by atoms with Gasteiger partial charge in [0.2, 0.25) is 0 Å². The van der Waals surface area contributed by atoms with Crippen LogP contribution >= 0.6 is 15.9 Å². The van der Waals surface area contributed by atoms with Crippen molar-refractivity contribution >= 4 is 21.6 Å². The van der Waals surface area contributed by atoms with E-state index in [2.05, 4.69) is 39.5 Å². The lowest BCUT2D eigenvalue weighted by molar-refractivity contribution is 0.645. The van der Waals surface area contributed by atoms with E-state index < -0.39 is 0 Å². The molecule has 82 valence electrons. The molecule has 0 heterocycles. The van der Waals surface area contributed by atoms with E-state index in [1.54, 1.807) is 0 Å². The summed E-state index contributed by atoms with van der Waals surface area (Å²) in [5.74, 6) is 0. The average Bonchev–Trinajstić information content (AvgIpc) is 2.29. The van der Waals surface area contributed by atoms with Crippen molar-refractivity contribution in [1.82, 2.24) is 0 Å². The first kappa shape index (κ1) is 11.2. The first-order chi connectivity index (χ1) is 7.78. The Labute approximate surface area is 104 Å². The second kappa shape index (κ2) is 5.18. The molecule has 16 heavy (non-hydrogen) atoms. The smallest absolute Gasteiger partial charge is 0.0992 e. The van der Waals surface area contributed by atoms with Gasteiger partial charge in [0.15, 0.2) is 0 Å². The van der Waals surface area contributed by atoms with Crippen LogP contribution in [-0.4, -0.2) is 6.04 Å². The Morgan fingerprint density at radius 3 is 2.88 bits per heavy atom. The van der Waals surface area contributed by atoms with Crippen LogP contribution in [0.15, 0.2) is 34.8 Å². The molecule has 0 bridgehead atoms. The van der Waals surface area contributed by atoms with E-state index in [1.807, 2.05) is 18.2 Å². The summed E-state index contributed by atoms with van der Waals surface area (Å²) in [5.41, 5.74) is 1.70. The first-order valence-corrected chi connectivity index (χ1v) is 6.19. The summed E-state index contributed by atoms with van der Waals surface area (Å²) in [4.78, 5) is 0. The lowest BCUT2D eigenvalue weighted by Gasteiger charge is -2.20. The predicted molar refractivity (Wildman–Crippen MR) is 69.3 cm³/mol. The highest BCUT2D eigenvalue weighted by Crippen LogP contribution is 2.22. The molecule has 0 saturated carbocycles. The van der Waals surface area contributed by atoms with Crippen molar-refractivity contribution in [3.8, 4) is 6.07 Å². The number of anilines is 1. The zero-order valence-electron chi connectivity index (χ0n) is 8.91. The van der Waals surface area contributed by atoms with Crippen LogP contribution in [0.5, 0.6) is 0 Å². The Morgan fingerprint density at radius 1 is 1.31 bits per heavy atom. The van der Waals surface area contributed by atoms with E-state index in [1.165, 1.54) is 0 Å². The van der Waals surface area contributed by atoms with Crippen LogP contribution in [0.25, 0.3) is 0 Å². The van der Waals surface area contributed by atoms with E-state index in [0.29, 0.717) is 11.6 Å². The number of hydrogen-bond donors (Lipinski definition) is 1. The lowest BCUT2D eigenvalue weighted by atomic mass is 10.0. The molecular formula is C13H13BrN2. The molecular weight excluding hydrogens is 264 g/mol. The zero-order valence-corrected chi connectivity index (χ0v) is 10.5. The topological polar surface area (TPSA) is 35.8 Å². The Morgan fingerprint density at radius 2 is 2.19 bits per heavy atom. The van der Waals surface area contributed by atoms with Gasteiger partial charge in [0.05, 0.1) is 11.6 Å². The average molecular weight is 277 g/mol. The molecule has 2 nitrogen and oxygen atoms in total. The van der Waals surface area contributed by atoms with Crippen LogP contribution in [0, 0.1) is 11.3 Å². The summed E-state index contributed by atoms with van der Waals surface area (Å²) in [6.07, 6.45) is 7.79. The molecule has 0 amide bonds. The molecule has 1 aliphatic rings. The minimum atomic E-state index is 0.492. The van der Waals surface area contributed by atoms with Crippen molar-refractivity contribution in [2.45, 2.75) is 25.3 Å². The fourth-order valence-electron chi connectivity index (χ4n) is 1.90. The summed E-state index contributed by atoms with van der Waals surface area (Å²) in [6.45, 7) is 0. The standard InChI is InChI=1S/C13H13BrN2/c14-11-6-10(9-15)7-13(8-11)16-12-4-2-1-3-5-12/h1-2,6-8,12,16H,3-5H2. The maximum Gasteiger partial charge on any atom is 0.0992 e. The van der Waals surface area contributed by atoms with Crippen molar-refractivity contribution in [1.29, 1.82) is 5.26 Å². The van der Waals surface area contributed by atoms with Crippen molar-refractivity contribution in [2.24, 2.45) is 0 Å². The Bertz CT molecular complexity index is 446. The number of nitrogens with zero attached hydrogens (tertiary/aromatic N) is 1. The van der Waals surface area contributed by atoms with Crippen molar-refractivity contribution < 1.29 is 0 Å². The second-order valence-electron chi connectivity index (χ2n) is 3.97. The summed E-state index contributed by atoms with van der Waals surface area (Å²) in [5, 5.41) is 12.3. The molecule has 1 atom stereocenters. The summed E-state index contributed by atoms with van der Waals surface area (Å²) in [7, 11) is 0. The lowest BCUT2D eigenvalue weighted by Crippen LogP contribution is -2.20. The number of nitriles is 1. The molecule has 0 aromatic heterocycles. The van der Waals surface area contributed by atoms with E-state index in [9.17, 15) is 0 Å². The summed E-state index contributed by atoms with van der Waals surface area (Å²) >= 11 is 3.41. The van der Waals surface area contributed by atoms with Gasteiger partial charge in [-0.25, -0.2) is 0 Å².